The summed E-state index contributed by atoms with van der Waals surface area (Å²) in [6.45, 7) is 6.54. The van der Waals surface area contributed by atoms with Crippen molar-refractivity contribution in [1.29, 1.82) is 0 Å². The normalized spacial score (nSPS) is 14.2. The number of aliphatic imine (C=N–C) groups is 1. The highest BCUT2D eigenvalue weighted by atomic mass is 16.5. The molecule has 6 heteroatoms. The van der Waals surface area contributed by atoms with E-state index in [9.17, 15) is 0 Å². The van der Waals surface area contributed by atoms with Crippen LogP contribution in [0, 0.1) is 5.92 Å². The largest absolute Gasteiger partial charge is 0.493 e. The van der Waals surface area contributed by atoms with Crippen LogP contribution in [0.25, 0.3) is 0 Å². The minimum absolute atomic E-state index is 0.675. The molecule has 1 aliphatic rings. The average Bonchev–Trinajstić information content (AvgIpc) is 3.49. The topological polar surface area (TPSA) is 63.5 Å². The van der Waals surface area contributed by atoms with Crippen LogP contribution in [0.5, 0.6) is 5.75 Å². The molecule has 3 rings (SSSR count). The molecule has 6 nitrogen and oxygen atoms in total. The SMILES string of the molecule is CCc1nn(C)c(CC)c1CNC(=NC)NCc1ccccc1OCC1CC1. The summed E-state index contributed by atoms with van der Waals surface area (Å²) < 4.78 is 8.01. The van der Waals surface area contributed by atoms with Crippen molar-refractivity contribution in [3.05, 3.63) is 46.8 Å². The van der Waals surface area contributed by atoms with E-state index in [2.05, 4.69) is 40.6 Å². The molecule has 0 amide bonds. The lowest BCUT2D eigenvalue weighted by Gasteiger charge is -2.15. The van der Waals surface area contributed by atoms with E-state index in [-0.39, 0.29) is 0 Å². The third-order valence-corrected chi connectivity index (χ3v) is 5.27. The number of benzene rings is 1. The molecular formula is C22H33N5O. The van der Waals surface area contributed by atoms with Crippen LogP contribution in [-0.2, 0) is 33.0 Å². The van der Waals surface area contributed by atoms with Crippen LogP contribution in [0.2, 0.25) is 0 Å². The Balaban J connectivity index is 1.59. The second-order valence-corrected chi connectivity index (χ2v) is 7.34. The van der Waals surface area contributed by atoms with E-state index < -0.39 is 0 Å². The van der Waals surface area contributed by atoms with Gasteiger partial charge in [0.1, 0.15) is 5.75 Å². The zero-order valence-electron chi connectivity index (χ0n) is 17.6. The summed E-state index contributed by atoms with van der Waals surface area (Å²) in [5.74, 6) is 2.49. The third kappa shape index (κ3) is 5.06. The van der Waals surface area contributed by atoms with Crippen LogP contribution in [0.1, 0.15) is 49.2 Å². The van der Waals surface area contributed by atoms with E-state index in [1.54, 1.807) is 7.05 Å². The molecule has 152 valence electrons. The Hall–Kier alpha value is -2.50. The molecule has 0 unspecified atom stereocenters. The predicted octanol–water partition coefficient (Wildman–Crippen LogP) is 3.20. The van der Waals surface area contributed by atoms with Crippen molar-refractivity contribution >= 4 is 5.96 Å². The quantitative estimate of drug-likeness (QED) is 0.516. The van der Waals surface area contributed by atoms with Gasteiger partial charge in [0.2, 0.25) is 0 Å². The number of ether oxygens (including phenoxy) is 1. The number of hydrogen-bond acceptors (Lipinski definition) is 3. The highest BCUT2D eigenvalue weighted by Gasteiger charge is 2.22. The number of para-hydroxylation sites is 1. The highest BCUT2D eigenvalue weighted by molar-refractivity contribution is 5.79. The summed E-state index contributed by atoms with van der Waals surface area (Å²) in [6, 6.07) is 8.23. The van der Waals surface area contributed by atoms with Crippen molar-refractivity contribution in [1.82, 2.24) is 20.4 Å². The van der Waals surface area contributed by atoms with Gasteiger partial charge in [0, 0.05) is 44.0 Å². The van der Waals surface area contributed by atoms with Crippen LogP contribution in [0.15, 0.2) is 29.3 Å². The van der Waals surface area contributed by atoms with Crippen LogP contribution in [0.3, 0.4) is 0 Å². The van der Waals surface area contributed by atoms with E-state index in [1.807, 2.05) is 29.9 Å². The van der Waals surface area contributed by atoms with Gasteiger partial charge in [-0.05, 0) is 37.7 Å². The molecule has 0 saturated heterocycles. The van der Waals surface area contributed by atoms with E-state index >= 15 is 0 Å². The zero-order chi connectivity index (χ0) is 19.9. The van der Waals surface area contributed by atoms with E-state index in [4.69, 9.17) is 4.74 Å². The fourth-order valence-corrected chi connectivity index (χ4v) is 3.45. The minimum atomic E-state index is 0.675. The first-order valence-electron chi connectivity index (χ1n) is 10.3. The highest BCUT2D eigenvalue weighted by Crippen LogP contribution is 2.30. The molecule has 0 spiro atoms. The molecule has 2 aromatic rings. The van der Waals surface area contributed by atoms with Crippen molar-refractivity contribution in [2.24, 2.45) is 18.0 Å². The number of hydrogen-bond donors (Lipinski definition) is 2. The Morgan fingerprint density at radius 3 is 2.61 bits per heavy atom. The van der Waals surface area contributed by atoms with Crippen molar-refractivity contribution in [3.8, 4) is 5.75 Å². The lowest BCUT2D eigenvalue weighted by molar-refractivity contribution is 0.296. The Bertz CT molecular complexity index is 807. The number of guanidine groups is 1. The monoisotopic (exact) mass is 383 g/mol. The van der Waals surface area contributed by atoms with Gasteiger partial charge in [-0.25, -0.2) is 0 Å². The van der Waals surface area contributed by atoms with Crippen LogP contribution < -0.4 is 15.4 Å². The number of aromatic nitrogens is 2. The lowest BCUT2D eigenvalue weighted by atomic mass is 10.1. The fraction of sp³-hybridized carbons (Fsp3) is 0.545. The molecule has 0 radical (unpaired) electrons. The summed E-state index contributed by atoms with van der Waals surface area (Å²) in [4.78, 5) is 4.38. The lowest BCUT2D eigenvalue weighted by Crippen LogP contribution is -2.36. The van der Waals surface area contributed by atoms with Crippen molar-refractivity contribution in [3.63, 3.8) is 0 Å². The Kier molecular flexibility index (Phi) is 6.95. The van der Waals surface area contributed by atoms with Crippen molar-refractivity contribution in [2.45, 2.75) is 52.6 Å². The molecule has 2 N–H and O–H groups in total. The minimum Gasteiger partial charge on any atom is -0.493 e. The molecule has 1 saturated carbocycles. The maximum atomic E-state index is 6.01. The van der Waals surface area contributed by atoms with Crippen LogP contribution >= 0.6 is 0 Å². The summed E-state index contributed by atoms with van der Waals surface area (Å²) in [6.07, 6.45) is 4.50. The average molecular weight is 384 g/mol. The summed E-state index contributed by atoms with van der Waals surface area (Å²) in [7, 11) is 3.82. The summed E-state index contributed by atoms with van der Waals surface area (Å²) >= 11 is 0. The second kappa shape index (κ2) is 9.62. The van der Waals surface area contributed by atoms with Gasteiger partial charge in [-0.1, -0.05) is 32.0 Å². The second-order valence-electron chi connectivity index (χ2n) is 7.34. The Morgan fingerprint density at radius 1 is 1.18 bits per heavy atom. The molecule has 1 heterocycles. The Morgan fingerprint density at radius 2 is 1.93 bits per heavy atom. The maximum Gasteiger partial charge on any atom is 0.191 e. The number of nitrogens with zero attached hydrogens (tertiary/aromatic N) is 3. The first-order valence-corrected chi connectivity index (χ1v) is 10.3. The maximum absolute atomic E-state index is 6.01. The molecule has 1 fully saturated rings. The third-order valence-electron chi connectivity index (χ3n) is 5.27. The molecule has 1 aromatic heterocycles. The molecule has 0 atom stereocenters. The number of rotatable bonds is 9. The number of aryl methyl sites for hydroxylation is 2. The van der Waals surface area contributed by atoms with Crippen molar-refractivity contribution in [2.75, 3.05) is 13.7 Å². The van der Waals surface area contributed by atoms with Crippen LogP contribution in [-0.4, -0.2) is 29.4 Å². The van der Waals surface area contributed by atoms with E-state index in [0.29, 0.717) is 6.54 Å². The smallest absolute Gasteiger partial charge is 0.191 e. The predicted molar refractivity (Wildman–Crippen MR) is 114 cm³/mol. The first kappa shape index (κ1) is 20.2. The molecular weight excluding hydrogens is 350 g/mol. The molecule has 28 heavy (non-hydrogen) atoms. The summed E-state index contributed by atoms with van der Waals surface area (Å²) in [5, 5.41) is 11.5. The van der Waals surface area contributed by atoms with Gasteiger partial charge in [0.25, 0.3) is 0 Å². The number of nitrogens with one attached hydrogen (secondary N) is 2. The molecule has 1 aliphatic carbocycles. The van der Waals surface area contributed by atoms with E-state index in [1.165, 1.54) is 24.1 Å². The summed E-state index contributed by atoms with van der Waals surface area (Å²) in [5.41, 5.74) is 4.86. The molecule has 0 aliphatic heterocycles. The van der Waals surface area contributed by atoms with Gasteiger partial charge in [0.05, 0.1) is 12.3 Å². The van der Waals surface area contributed by atoms with Gasteiger partial charge in [-0.3, -0.25) is 9.67 Å². The van der Waals surface area contributed by atoms with Crippen molar-refractivity contribution < 1.29 is 4.74 Å². The molecule has 0 bridgehead atoms. The first-order chi connectivity index (χ1) is 13.7. The van der Waals surface area contributed by atoms with Gasteiger partial charge in [-0.2, -0.15) is 5.10 Å². The van der Waals surface area contributed by atoms with Gasteiger partial charge in [-0.15, -0.1) is 0 Å². The zero-order valence-corrected chi connectivity index (χ0v) is 17.6. The van der Waals surface area contributed by atoms with E-state index in [0.717, 1.165) is 54.9 Å². The van der Waals surface area contributed by atoms with Gasteiger partial charge in [0.15, 0.2) is 5.96 Å². The van der Waals surface area contributed by atoms with Crippen LogP contribution in [0.4, 0.5) is 0 Å². The standard InChI is InChI=1S/C22H33N5O/c1-5-19-18(20(6-2)27(4)26-19)14-25-22(23-3)24-13-17-9-7-8-10-21(17)28-15-16-11-12-16/h7-10,16H,5-6,11-15H2,1-4H3,(H2,23,24,25). The fourth-order valence-electron chi connectivity index (χ4n) is 3.45. The van der Waals surface area contributed by atoms with Gasteiger partial charge < -0.3 is 15.4 Å². The molecule has 1 aromatic carbocycles. The Labute approximate surface area is 168 Å². The van der Waals surface area contributed by atoms with Gasteiger partial charge >= 0.3 is 0 Å².